The molecular weight excluding hydrogens is 416 g/mol. The number of rotatable bonds is 9. The summed E-state index contributed by atoms with van der Waals surface area (Å²) in [6.45, 7) is 0.601. The number of ketones is 1. The van der Waals surface area contributed by atoms with Crippen LogP contribution in [0.3, 0.4) is 0 Å². The minimum Gasteiger partial charge on any atom is -0.356 e. The van der Waals surface area contributed by atoms with E-state index in [-0.39, 0.29) is 29.9 Å². The lowest BCUT2D eigenvalue weighted by molar-refractivity contribution is -0.127. The Morgan fingerprint density at radius 3 is 2.71 bits per heavy atom. The third-order valence-corrected chi connectivity index (χ3v) is 6.39. The van der Waals surface area contributed by atoms with Crippen LogP contribution in [0.4, 0.5) is 0 Å². The first-order chi connectivity index (χ1) is 14.9. The molecule has 1 aliphatic carbocycles. The number of hydrogen-bond donors (Lipinski definition) is 3. The first-order valence-electron chi connectivity index (χ1n) is 10.7. The molecule has 0 bridgehead atoms. The lowest BCUT2D eigenvalue weighted by Crippen LogP contribution is -2.40. The number of nitriles is 1. The highest BCUT2D eigenvalue weighted by atomic mass is 35.5. The number of aromatic amines is 1. The van der Waals surface area contributed by atoms with Crippen molar-refractivity contribution in [3.63, 3.8) is 0 Å². The molecule has 2 heterocycles. The quantitative estimate of drug-likeness (QED) is 0.518. The average Bonchev–Trinajstić information content (AvgIpc) is 3.32. The number of nitrogens with zero attached hydrogens (tertiary/aromatic N) is 1. The summed E-state index contributed by atoms with van der Waals surface area (Å²) >= 11 is 6.03. The zero-order chi connectivity index (χ0) is 22.0. The maximum absolute atomic E-state index is 13.0. The first-order valence-corrected chi connectivity index (χ1v) is 11.1. The summed E-state index contributed by atoms with van der Waals surface area (Å²) in [6.07, 6.45) is 3.79. The van der Waals surface area contributed by atoms with Gasteiger partial charge in [-0.3, -0.25) is 14.4 Å². The third-order valence-electron chi connectivity index (χ3n) is 6.16. The van der Waals surface area contributed by atoms with E-state index in [0.717, 1.165) is 23.7 Å². The summed E-state index contributed by atoms with van der Waals surface area (Å²) in [5.41, 5.74) is 1.26. The highest BCUT2D eigenvalue weighted by molar-refractivity contribution is 6.31. The van der Waals surface area contributed by atoms with Crippen molar-refractivity contribution in [2.75, 3.05) is 6.54 Å². The van der Waals surface area contributed by atoms with Crippen LogP contribution >= 0.6 is 11.6 Å². The molecule has 1 saturated carbocycles. The second kappa shape index (κ2) is 9.11. The van der Waals surface area contributed by atoms with E-state index >= 15 is 0 Å². The van der Waals surface area contributed by atoms with Crippen molar-refractivity contribution in [2.45, 2.75) is 44.6 Å². The minimum absolute atomic E-state index is 0.0712. The molecule has 0 radical (unpaired) electrons. The number of aromatic nitrogens is 1. The van der Waals surface area contributed by atoms with Crippen LogP contribution in [0.15, 0.2) is 24.3 Å². The Balaban J connectivity index is 1.43. The molecule has 0 spiro atoms. The summed E-state index contributed by atoms with van der Waals surface area (Å²) in [7, 11) is 0. The van der Waals surface area contributed by atoms with E-state index in [1.807, 2.05) is 6.07 Å². The Morgan fingerprint density at radius 2 is 2.03 bits per heavy atom. The van der Waals surface area contributed by atoms with Crippen molar-refractivity contribution in [2.24, 2.45) is 17.8 Å². The van der Waals surface area contributed by atoms with E-state index < -0.39 is 12.0 Å². The van der Waals surface area contributed by atoms with Crippen molar-refractivity contribution in [1.29, 1.82) is 5.26 Å². The summed E-state index contributed by atoms with van der Waals surface area (Å²) in [5.74, 6) is -0.805. The van der Waals surface area contributed by atoms with E-state index in [9.17, 15) is 19.6 Å². The van der Waals surface area contributed by atoms with Crippen LogP contribution in [0, 0.1) is 29.1 Å². The van der Waals surface area contributed by atoms with Gasteiger partial charge in [0.1, 0.15) is 6.04 Å². The number of Topliss-reactive ketones (excluding diaryl/α,β-unsaturated/α-hetero) is 1. The molecule has 2 aromatic rings. The van der Waals surface area contributed by atoms with Gasteiger partial charge in [0.25, 0.3) is 0 Å². The van der Waals surface area contributed by atoms with Crippen molar-refractivity contribution in [1.82, 2.24) is 15.6 Å². The predicted octanol–water partition coefficient (Wildman–Crippen LogP) is 3.34. The number of H-pyrrole nitrogens is 1. The fraction of sp³-hybridized carbons (Fsp3) is 0.478. The molecule has 3 N–H and O–H groups in total. The Labute approximate surface area is 185 Å². The number of amides is 2. The second-order valence-corrected chi connectivity index (χ2v) is 9.06. The van der Waals surface area contributed by atoms with Gasteiger partial charge in [0.2, 0.25) is 11.8 Å². The van der Waals surface area contributed by atoms with Gasteiger partial charge in [-0.1, -0.05) is 24.4 Å². The summed E-state index contributed by atoms with van der Waals surface area (Å²) in [5, 5.41) is 16.4. The zero-order valence-corrected chi connectivity index (χ0v) is 17.9. The van der Waals surface area contributed by atoms with Crippen LogP contribution in [-0.2, 0) is 9.59 Å². The molecule has 2 fully saturated rings. The molecule has 8 heteroatoms. The van der Waals surface area contributed by atoms with Gasteiger partial charge in [-0.2, -0.15) is 5.26 Å². The van der Waals surface area contributed by atoms with Crippen molar-refractivity contribution in [3.8, 4) is 6.07 Å². The number of halogens is 1. The topological polar surface area (TPSA) is 115 Å². The zero-order valence-electron chi connectivity index (χ0n) is 17.1. The van der Waals surface area contributed by atoms with Gasteiger partial charge in [0, 0.05) is 40.7 Å². The van der Waals surface area contributed by atoms with E-state index in [2.05, 4.69) is 21.7 Å². The molecule has 2 aliphatic rings. The Morgan fingerprint density at radius 1 is 1.23 bits per heavy atom. The van der Waals surface area contributed by atoms with Gasteiger partial charge < -0.3 is 15.6 Å². The van der Waals surface area contributed by atoms with Gasteiger partial charge in [-0.25, -0.2) is 0 Å². The second-order valence-electron chi connectivity index (χ2n) is 8.62. The summed E-state index contributed by atoms with van der Waals surface area (Å²) in [6, 6.07) is 8.47. The third kappa shape index (κ3) is 5.26. The maximum Gasteiger partial charge on any atom is 0.224 e. The van der Waals surface area contributed by atoms with Gasteiger partial charge in [-0.05, 0) is 49.4 Å². The lowest BCUT2D eigenvalue weighted by Gasteiger charge is -2.19. The van der Waals surface area contributed by atoms with E-state index in [0.29, 0.717) is 42.4 Å². The van der Waals surface area contributed by atoms with Crippen LogP contribution in [-0.4, -0.2) is 35.2 Å². The number of fused-ring (bicyclic) bond motifs is 1. The molecule has 4 rings (SSSR count). The highest BCUT2D eigenvalue weighted by Crippen LogP contribution is 2.37. The average molecular weight is 441 g/mol. The van der Waals surface area contributed by atoms with Gasteiger partial charge in [-0.15, -0.1) is 0 Å². The predicted molar refractivity (Wildman–Crippen MR) is 116 cm³/mol. The minimum atomic E-state index is -0.742. The molecule has 1 aromatic heterocycles. The van der Waals surface area contributed by atoms with Crippen LogP contribution < -0.4 is 10.6 Å². The van der Waals surface area contributed by atoms with Crippen LogP contribution in [0.25, 0.3) is 10.9 Å². The normalized spacial score (nSPS) is 20.1. The number of benzene rings is 1. The molecule has 3 atom stereocenters. The molecule has 1 aliphatic heterocycles. The van der Waals surface area contributed by atoms with Crippen LogP contribution in [0.2, 0.25) is 5.02 Å². The van der Waals surface area contributed by atoms with Crippen molar-refractivity contribution < 1.29 is 14.4 Å². The van der Waals surface area contributed by atoms with Crippen LogP contribution in [0.5, 0.6) is 0 Å². The molecule has 31 heavy (non-hydrogen) atoms. The molecule has 2 amide bonds. The maximum atomic E-state index is 13.0. The fourth-order valence-corrected chi connectivity index (χ4v) is 4.39. The Bertz CT molecular complexity index is 1050. The SMILES string of the molecule is N#C[C@H](C[C@@H]1CCNC1=O)NC(=O)[C@@H](CC(=O)c1cc2cc(Cl)ccc2[nH]1)CC1CC1. The van der Waals surface area contributed by atoms with Crippen molar-refractivity contribution >= 4 is 40.1 Å². The number of carbonyl (C=O) groups excluding carboxylic acids is 3. The Kier molecular flexibility index (Phi) is 6.28. The number of carbonyl (C=O) groups is 3. The van der Waals surface area contributed by atoms with Gasteiger partial charge in [0.15, 0.2) is 5.78 Å². The fourth-order valence-electron chi connectivity index (χ4n) is 4.21. The molecular formula is C23H25ClN4O3. The van der Waals surface area contributed by atoms with E-state index in [4.69, 9.17) is 11.6 Å². The number of hydrogen-bond acceptors (Lipinski definition) is 4. The van der Waals surface area contributed by atoms with Gasteiger partial charge in [0.05, 0.1) is 11.8 Å². The smallest absolute Gasteiger partial charge is 0.224 e. The molecule has 7 nitrogen and oxygen atoms in total. The summed E-state index contributed by atoms with van der Waals surface area (Å²) in [4.78, 5) is 40.8. The highest BCUT2D eigenvalue weighted by Gasteiger charge is 2.33. The molecule has 1 saturated heterocycles. The largest absolute Gasteiger partial charge is 0.356 e. The molecule has 162 valence electrons. The van der Waals surface area contributed by atoms with E-state index in [1.54, 1.807) is 18.2 Å². The standard InChI is InChI=1S/C23H25ClN4O3/c24-17-3-4-19-15(8-17)10-20(28-19)21(29)11-16(7-13-1-2-13)23(31)27-18(12-25)9-14-5-6-26-22(14)30/h3-4,8,10,13-14,16,18,28H,1-2,5-7,9,11H2,(H,26,30)(H,27,31)/t14-,16+,18-/m0/s1. The first kappa shape index (κ1) is 21.4. The van der Waals surface area contributed by atoms with Gasteiger partial charge >= 0.3 is 0 Å². The lowest BCUT2D eigenvalue weighted by atomic mass is 9.93. The Hall–Kier alpha value is -2.85. The van der Waals surface area contributed by atoms with E-state index in [1.165, 1.54) is 0 Å². The van der Waals surface area contributed by atoms with Crippen molar-refractivity contribution in [3.05, 3.63) is 35.0 Å². The van der Waals surface area contributed by atoms with Crippen LogP contribution in [0.1, 0.15) is 49.0 Å². The summed E-state index contributed by atoms with van der Waals surface area (Å²) < 4.78 is 0. The molecule has 1 aromatic carbocycles. The molecule has 0 unspecified atom stereocenters. The number of nitrogens with one attached hydrogen (secondary N) is 3. The monoisotopic (exact) mass is 440 g/mol.